The first kappa shape index (κ1) is 12.4. The molecule has 0 saturated heterocycles. The van der Waals surface area contributed by atoms with Crippen LogP contribution < -0.4 is 5.32 Å². The topological polar surface area (TPSA) is 75.1 Å². The second-order valence-electron chi connectivity index (χ2n) is 3.84. The fourth-order valence-electron chi connectivity index (χ4n) is 1.33. The third-order valence-electron chi connectivity index (χ3n) is 2.37. The summed E-state index contributed by atoms with van der Waals surface area (Å²) in [7, 11) is 0. The van der Waals surface area contributed by atoms with Gasteiger partial charge in [-0.25, -0.2) is 9.97 Å². The molecule has 0 aromatic carbocycles. The molecule has 0 radical (unpaired) electrons. The normalized spacial score (nSPS) is 12.1. The van der Waals surface area contributed by atoms with Crippen molar-refractivity contribution >= 4 is 11.9 Å². The standard InChI is InChI=1S/C11H17N3O2/c1-3-9(4-10(15)16)7-14-11-12-5-8(2)6-13-11/h5-6,9H,3-4,7H2,1-2H3,(H,15,16)(H,12,13,14). The molecule has 5 heteroatoms. The second kappa shape index (κ2) is 6.05. The van der Waals surface area contributed by atoms with Gasteiger partial charge in [0.15, 0.2) is 0 Å². The van der Waals surface area contributed by atoms with E-state index in [0.717, 1.165) is 12.0 Å². The van der Waals surface area contributed by atoms with Gasteiger partial charge in [-0.3, -0.25) is 4.79 Å². The highest BCUT2D eigenvalue weighted by Gasteiger charge is 2.11. The van der Waals surface area contributed by atoms with Gasteiger partial charge in [0.05, 0.1) is 0 Å². The lowest BCUT2D eigenvalue weighted by atomic mass is 10.0. The van der Waals surface area contributed by atoms with Crippen LogP contribution in [0.15, 0.2) is 12.4 Å². The highest BCUT2D eigenvalue weighted by molar-refractivity contribution is 5.67. The number of hydrogen-bond donors (Lipinski definition) is 2. The Balaban J connectivity index is 2.43. The number of aliphatic carboxylic acids is 1. The number of carboxylic acids is 1. The SMILES string of the molecule is CCC(CNc1ncc(C)cn1)CC(=O)O. The molecule has 1 heterocycles. The van der Waals surface area contributed by atoms with E-state index < -0.39 is 5.97 Å². The number of aryl methyl sites for hydroxylation is 1. The number of anilines is 1. The third kappa shape index (κ3) is 4.25. The first-order valence-electron chi connectivity index (χ1n) is 5.36. The molecule has 88 valence electrons. The Hall–Kier alpha value is -1.65. The Morgan fingerprint density at radius 3 is 2.62 bits per heavy atom. The Morgan fingerprint density at radius 1 is 1.50 bits per heavy atom. The molecule has 5 nitrogen and oxygen atoms in total. The summed E-state index contributed by atoms with van der Waals surface area (Å²) in [4.78, 5) is 18.8. The molecule has 1 aromatic heterocycles. The minimum absolute atomic E-state index is 0.113. The van der Waals surface area contributed by atoms with Crippen LogP contribution in [0.3, 0.4) is 0 Å². The summed E-state index contributed by atoms with van der Waals surface area (Å²) in [6.07, 6.45) is 4.46. The van der Waals surface area contributed by atoms with Crippen LogP contribution in [0, 0.1) is 12.8 Å². The number of nitrogens with zero attached hydrogens (tertiary/aromatic N) is 2. The first-order valence-corrected chi connectivity index (χ1v) is 5.36. The van der Waals surface area contributed by atoms with Gasteiger partial charge in [-0.05, 0) is 18.4 Å². The molecule has 0 spiro atoms. The number of carbonyl (C=O) groups is 1. The predicted molar refractivity (Wildman–Crippen MR) is 61.3 cm³/mol. The maximum absolute atomic E-state index is 10.6. The molecule has 0 aliphatic rings. The van der Waals surface area contributed by atoms with Crippen molar-refractivity contribution in [2.24, 2.45) is 5.92 Å². The van der Waals surface area contributed by atoms with Crippen molar-refractivity contribution in [1.29, 1.82) is 0 Å². The van der Waals surface area contributed by atoms with E-state index >= 15 is 0 Å². The van der Waals surface area contributed by atoms with Crippen molar-refractivity contribution in [3.05, 3.63) is 18.0 Å². The van der Waals surface area contributed by atoms with E-state index in [1.165, 1.54) is 0 Å². The van der Waals surface area contributed by atoms with Gasteiger partial charge < -0.3 is 10.4 Å². The smallest absolute Gasteiger partial charge is 0.303 e. The molecular formula is C11H17N3O2. The molecule has 0 fully saturated rings. The zero-order chi connectivity index (χ0) is 12.0. The van der Waals surface area contributed by atoms with Gasteiger partial charge in [-0.15, -0.1) is 0 Å². The van der Waals surface area contributed by atoms with Gasteiger partial charge in [-0.1, -0.05) is 13.3 Å². The Kier molecular flexibility index (Phi) is 4.69. The molecule has 16 heavy (non-hydrogen) atoms. The number of carboxylic acid groups (broad SMARTS) is 1. The van der Waals surface area contributed by atoms with Gasteiger partial charge in [0.1, 0.15) is 0 Å². The Labute approximate surface area is 94.9 Å². The zero-order valence-corrected chi connectivity index (χ0v) is 9.60. The molecule has 0 bridgehead atoms. The van der Waals surface area contributed by atoms with Crippen LogP contribution in [-0.2, 0) is 4.79 Å². The van der Waals surface area contributed by atoms with E-state index in [1.807, 2.05) is 13.8 Å². The summed E-state index contributed by atoms with van der Waals surface area (Å²) >= 11 is 0. The van der Waals surface area contributed by atoms with Crippen molar-refractivity contribution in [3.63, 3.8) is 0 Å². The molecule has 1 unspecified atom stereocenters. The molecule has 2 N–H and O–H groups in total. The van der Waals surface area contributed by atoms with E-state index in [9.17, 15) is 4.79 Å². The highest BCUT2D eigenvalue weighted by atomic mass is 16.4. The lowest BCUT2D eigenvalue weighted by Gasteiger charge is -2.13. The summed E-state index contributed by atoms with van der Waals surface area (Å²) in [6.45, 7) is 4.49. The summed E-state index contributed by atoms with van der Waals surface area (Å²) < 4.78 is 0. The van der Waals surface area contributed by atoms with Crippen LogP contribution in [-0.4, -0.2) is 27.6 Å². The summed E-state index contributed by atoms with van der Waals surface area (Å²) in [5.74, 6) is -0.102. The lowest BCUT2D eigenvalue weighted by molar-refractivity contribution is -0.138. The van der Waals surface area contributed by atoms with Crippen molar-refractivity contribution in [2.75, 3.05) is 11.9 Å². The molecule has 0 aliphatic heterocycles. The predicted octanol–water partition coefficient (Wildman–Crippen LogP) is 1.70. The summed E-state index contributed by atoms with van der Waals surface area (Å²) in [6, 6.07) is 0. The van der Waals surface area contributed by atoms with Gasteiger partial charge >= 0.3 is 5.97 Å². The zero-order valence-electron chi connectivity index (χ0n) is 9.60. The van der Waals surface area contributed by atoms with Crippen LogP contribution in [0.4, 0.5) is 5.95 Å². The Morgan fingerprint density at radius 2 is 2.12 bits per heavy atom. The fourth-order valence-corrected chi connectivity index (χ4v) is 1.33. The van der Waals surface area contributed by atoms with Gasteiger partial charge in [0.25, 0.3) is 0 Å². The number of hydrogen-bond acceptors (Lipinski definition) is 4. The lowest BCUT2D eigenvalue weighted by Crippen LogP contribution is -2.18. The van der Waals surface area contributed by atoms with E-state index in [-0.39, 0.29) is 12.3 Å². The molecule has 1 rings (SSSR count). The van der Waals surface area contributed by atoms with Crippen molar-refractivity contribution < 1.29 is 9.90 Å². The van der Waals surface area contributed by atoms with Gasteiger partial charge in [-0.2, -0.15) is 0 Å². The number of nitrogens with one attached hydrogen (secondary N) is 1. The number of aromatic nitrogens is 2. The van der Waals surface area contributed by atoms with E-state index in [2.05, 4.69) is 15.3 Å². The monoisotopic (exact) mass is 223 g/mol. The first-order chi connectivity index (χ1) is 7.61. The molecule has 0 saturated carbocycles. The maximum atomic E-state index is 10.6. The second-order valence-corrected chi connectivity index (χ2v) is 3.84. The quantitative estimate of drug-likeness (QED) is 0.767. The largest absolute Gasteiger partial charge is 0.481 e. The van der Waals surface area contributed by atoms with E-state index in [1.54, 1.807) is 12.4 Å². The molecule has 1 aromatic rings. The van der Waals surface area contributed by atoms with E-state index in [0.29, 0.717) is 12.5 Å². The Bertz CT molecular complexity index is 338. The van der Waals surface area contributed by atoms with Crippen LogP contribution in [0.1, 0.15) is 25.3 Å². The summed E-state index contributed by atoms with van der Waals surface area (Å²) in [5.41, 5.74) is 1.00. The van der Waals surface area contributed by atoms with Crippen molar-refractivity contribution in [2.45, 2.75) is 26.7 Å². The fraction of sp³-hybridized carbons (Fsp3) is 0.545. The van der Waals surface area contributed by atoms with Crippen LogP contribution in [0.5, 0.6) is 0 Å². The maximum Gasteiger partial charge on any atom is 0.303 e. The highest BCUT2D eigenvalue weighted by Crippen LogP contribution is 2.09. The van der Waals surface area contributed by atoms with E-state index in [4.69, 9.17) is 5.11 Å². The third-order valence-corrected chi connectivity index (χ3v) is 2.37. The average Bonchev–Trinajstić information content (AvgIpc) is 2.26. The minimum Gasteiger partial charge on any atom is -0.481 e. The van der Waals surface area contributed by atoms with Crippen LogP contribution in [0.25, 0.3) is 0 Å². The number of rotatable bonds is 6. The van der Waals surface area contributed by atoms with Crippen molar-refractivity contribution in [3.8, 4) is 0 Å². The average molecular weight is 223 g/mol. The van der Waals surface area contributed by atoms with Gasteiger partial charge in [0.2, 0.25) is 5.95 Å². The van der Waals surface area contributed by atoms with Crippen molar-refractivity contribution in [1.82, 2.24) is 9.97 Å². The molecule has 0 aliphatic carbocycles. The molecular weight excluding hydrogens is 206 g/mol. The van der Waals surface area contributed by atoms with Crippen LogP contribution >= 0.6 is 0 Å². The molecule has 1 atom stereocenters. The summed E-state index contributed by atoms with van der Waals surface area (Å²) in [5, 5.41) is 11.7. The van der Waals surface area contributed by atoms with Crippen LogP contribution in [0.2, 0.25) is 0 Å². The molecule has 0 amide bonds. The van der Waals surface area contributed by atoms with Gasteiger partial charge in [0, 0.05) is 25.4 Å². The minimum atomic E-state index is -0.765.